The van der Waals surface area contributed by atoms with E-state index in [0.29, 0.717) is 6.54 Å². The van der Waals surface area contributed by atoms with Crippen LogP contribution in [0.4, 0.5) is 0 Å². The van der Waals surface area contributed by atoms with E-state index in [4.69, 9.17) is 0 Å². The Bertz CT molecular complexity index is 894. The molecule has 0 spiro atoms. The lowest BCUT2D eigenvalue weighted by atomic mass is 10.1. The van der Waals surface area contributed by atoms with E-state index >= 15 is 0 Å². The number of benzene rings is 1. The Hall–Kier alpha value is -2.82. The number of fused-ring (bicyclic) bond motifs is 1. The Morgan fingerprint density at radius 2 is 2.20 bits per heavy atom. The molecule has 1 unspecified atom stereocenters. The zero-order valence-electron chi connectivity index (χ0n) is 14.2. The molecule has 1 fully saturated rings. The van der Waals surface area contributed by atoms with E-state index in [-0.39, 0.29) is 11.9 Å². The maximum absolute atomic E-state index is 13.3. The predicted molar refractivity (Wildman–Crippen MR) is 98.4 cm³/mol. The van der Waals surface area contributed by atoms with Gasteiger partial charge in [0.25, 0.3) is 5.91 Å². The molecular formula is C20H22N4O. The van der Waals surface area contributed by atoms with Gasteiger partial charge in [0.2, 0.25) is 0 Å². The average molecular weight is 334 g/mol. The maximum Gasteiger partial charge on any atom is 0.256 e. The van der Waals surface area contributed by atoms with Crippen molar-refractivity contribution in [2.45, 2.75) is 32.0 Å². The fraction of sp³-hybridized carbons (Fsp3) is 0.300. The molecule has 3 aromatic rings. The molecule has 1 aliphatic rings. The molecule has 4 rings (SSSR count). The van der Waals surface area contributed by atoms with E-state index in [1.807, 2.05) is 52.3 Å². The molecule has 1 aromatic carbocycles. The SMILES string of the molecule is C=CCn1cc(C(=O)N2CCCC2Cn2cccn2)c2ccccc21. The molecule has 5 heteroatoms. The highest BCUT2D eigenvalue weighted by molar-refractivity contribution is 6.07. The van der Waals surface area contributed by atoms with Gasteiger partial charge in [-0.3, -0.25) is 9.48 Å². The predicted octanol–water partition coefficient (Wildman–Crippen LogP) is 3.33. The van der Waals surface area contributed by atoms with Crippen molar-refractivity contribution in [3.8, 4) is 0 Å². The van der Waals surface area contributed by atoms with Gasteiger partial charge in [0, 0.05) is 42.6 Å². The zero-order chi connectivity index (χ0) is 17.2. The highest BCUT2D eigenvalue weighted by Crippen LogP contribution is 2.27. The van der Waals surface area contributed by atoms with Crippen LogP contribution in [0.5, 0.6) is 0 Å². The third-order valence-electron chi connectivity index (χ3n) is 4.94. The molecule has 2 aromatic heterocycles. The minimum atomic E-state index is 0.119. The first kappa shape index (κ1) is 15.7. The minimum Gasteiger partial charge on any atom is -0.343 e. The van der Waals surface area contributed by atoms with E-state index in [2.05, 4.69) is 22.3 Å². The van der Waals surface area contributed by atoms with Gasteiger partial charge < -0.3 is 9.47 Å². The summed E-state index contributed by atoms with van der Waals surface area (Å²) >= 11 is 0. The van der Waals surface area contributed by atoms with Crippen LogP contribution in [0.15, 0.2) is 61.6 Å². The Labute approximate surface area is 147 Å². The number of para-hydroxylation sites is 1. The second-order valence-corrected chi connectivity index (χ2v) is 6.52. The van der Waals surface area contributed by atoms with Gasteiger partial charge in [0.05, 0.1) is 18.2 Å². The van der Waals surface area contributed by atoms with Gasteiger partial charge in [0.15, 0.2) is 0 Å². The van der Waals surface area contributed by atoms with Crippen molar-refractivity contribution in [1.29, 1.82) is 0 Å². The van der Waals surface area contributed by atoms with Crippen LogP contribution in [0.1, 0.15) is 23.2 Å². The summed E-state index contributed by atoms with van der Waals surface area (Å²) in [7, 11) is 0. The van der Waals surface area contributed by atoms with Crippen LogP contribution < -0.4 is 0 Å². The second-order valence-electron chi connectivity index (χ2n) is 6.52. The summed E-state index contributed by atoms with van der Waals surface area (Å²) in [5, 5.41) is 5.30. The summed E-state index contributed by atoms with van der Waals surface area (Å²) in [6, 6.07) is 10.2. The van der Waals surface area contributed by atoms with Gasteiger partial charge in [-0.15, -0.1) is 6.58 Å². The molecule has 0 radical (unpaired) electrons. The fourth-order valence-corrected chi connectivity index (χ4v) is 3.78. The fourth-order valence-electron chi connectivity index (χ4n) is 3.78. The molecule has 3 heterocycles. The number of hydrogen-bond donors (Lipinski definition) is 0. The first-order valence-corrected chi connectivity index (χ1v) is 8.75. The lowest BCUT2D eigenvalue weighted by molar-refractivity contribution is 0.0723. The van der Waals surface area contributed by atoms with Crippen molar-refractivity contribution in [2.75, 3.05) is 6.54 Å². The number of rotatable bonds is 5. The highest BCUT2D eigenvalue weighted by atomic mass is 16.2. The summed E-state index contributed by atoms with van der Waals surface area (Å²) in [5.74, 6) is 0.119. The molecule has 5 nitrogen and oxygen atoms in total. The first-order valence-electron chi connectivity index (χ1n) is 8.75. The number of carbonyl (C=O) groups excluding carboxylic acids is 1. The standard InChI is InChI=1S/C20H22N4O/c1-2-11-22-15-18(17-8-3-4-9-19(17)22)20(25)24-13-5-7-16(24)14-23-12-6-10-21-23/h2-4,6,8-10,12,15-16H,1,5,7,11,13-14H2. The Balaban J connectivity index is 1.66. The molecule has 25 heavy (non-hydrogen) atoms. The van der Waals surface area contributed by atoms with Gasteiger partial charge in [-0.05, 0) is 25.0 Å². The number of carbonyl (C=O) groups is 1. The van der Waals surface area contributed by atoms with E-state index < -0.39 is 0 Å². The molecule has 0 saturated carbocycles. The summed E-state index contributed by atoms with van der Waals surface area (Å²) in [6.07, 6.45) is 9.63. The molecule has 128 valence electrons. The summed E-state index contributed by atoms with van der Waals surface area (Å²) in [6.45, 7) is 6.09. The van der Waals surface area contributed by atoms with Crippen LogP contribution in [-0.4, -0.2) is 37.7 Å². The molecule has 0 bridgehead atoms. The number of hydrogen-bond acceptors (Lipinski definition) is 2. The highest BCUT2D eigenvalue weighted by Gasteiger charge is 2.31. The van der Waals surface area contributed by atoms with Crippen molar-refractivity contribution in [3.63, 3.8) is 0 Å². The van der Waals surface area contributed by atoms with Crippen molar-refractivity contribution in [2.24, 2.45) is 0 Å². The van der Waals surface area contributed by atoms with Crippen LogP contribution in [0.2, 0.25) is 0 Å². The Morgan fingerprint density at radius 3 is 3.00 bits per heavy atom. The molecule has 0 N–H and O–H groups in total. The number of allylic oxidation sites excluding steroid dienone is 1. The van der Waals surface area contributed by atoms with Gasteiger partial charge >= 0.3 is 0 Å². The smallest absolute Gasteiger partial charge is 0.256 e. The van der Waals surface area contributed by atoms with Crippen LogP contribution in [-0.2, 0) is 13.1 Å². The van der Waals surface area contributed by atoms with Crippen molar-refractivity contribution in [1.82, 2.24) is 19.2 Å². The molecule has 1 saturated heterocycles. The lowest BCUT2D eigenvalue weighted by Gasteiger charge is -2.24. The normalized spacial score (nSPS) is 17.3. The quantitative estimate of drug-likeness (QED) is 0.672. The van der Waals surface area contributed by atoms with E-state index in [1.54, 1.807) is 6.20 Å². The first-order chi connectivity index (χ1) is 12.3. The van der Waals surface area contributed by atoms with Gasteiger partial charge in [-0.1, -0.05) is 24.3 Å². The van der Waals surface area contributed by atoms with E-state index in [9.17, 15) is 4.79 Å². The number of nitrogens with zero attached hydrogens (tertiary/aromatic N) is 4. The van der Waals surface area contributed by atoms with Crippen LogP contribution in [0, 0.1) is 0 Å². The van der Waals surface area contributed by atoms with Crippen LogP contribution in [0.25, 0.3) is 10.9 Å². The third-order valence-corrected chi connectivity index (χ3v) is 4.94. The van der Waals surface area contributed by atoms with Crippen LogP contribution >= 0.6 is 0 Å². The number of amides is 1. The van der Waals surface area contributed by atoms with Crippen molar-refractivity contribution < 1.29 is 4.79 Å². The lowest BCUT2D eigenvalue weighted by Crippen LogP contribution is -2.38. The van der Waals surface area contributed by atoms with Crippen LogP contribution in [0.3, 0.4) is 0 Å². The minimum absolute atomic E-state index is 0.119. The number of likely N-dealkylation sites (tertiary alicyclic amines) is 1. The van der Waals surface area contributed by atoms with Crippen molar-refractivity contribution >= 4 is 16.8 Å². The molecule has 1 amide bonds. The zero-order valence-corrected chi connectivity index (χ0v) is 14.2. The second kappa shape index (κ2) is 6.59. The van der Waals surface area contributed by atoms with Crippen molar-refractivity contribution in [3.05, 3.63) is 67.1 Å². The molecule has 1 aliphatic heterocycles. The average Bonchev–Trinajstić information content (AvgIpc) is 3.36. The monoisotopic (exact) mass is 334 g/mol. The molecular weight excluding hydrogens is 312 g/mol. The Morgan fingerprint density at radius 1 is 1.32 bits per heavy atom. The Kier molecular flexibility index (Phi) is 4.14. The largest absolute Gasteiger partial charge is 0.343 e. The molecule has 1 atom stereocenters. The van der Waals surface area contributed by atoms with E-state index in [1.165, 1.54) is 0 Å². The van der Waals surface area contributed by atoms with E-state index in [0.717, 1.165) is 42.4 Å². The summed E-state index contributed by atoms with van der Waals surface area (Å²) in [4.78, 5) is 15.3. The topological polar surface area (TPSA) is 43.1 Å². The maximum atomic E-state index is 13.3. The summed E-state index contributed by atoms with van der Waals surface area (Å²) in [5.41, 5.74) is 1.86. The summed E-state index contributed by atoms with van der Waals surface area (Å²) < 4.78 is 4.01. The number of aromatic nitrogens is 3. The third kappa shape index (κ3) is 2.86. The van der Waals surface area contributed by atoms with Gasteiger partial charge in [0.1, 0.15) is 0 Å². The van der Waals surface area contributed by atoms with Gasteiger partial charge in [-0.25, -0.2) is 0 Å². The molecule has 0 aliphatic carbocycles. The van der Waals surface area contributed by atoms with Gasteiger partial charge in [-0.2, -0.15) is 5.10 Å².